The molecule has 3 heteroatoms. The van der Waals surface area contributed by atoms with E-state index in [1.54, 1.807) is 0 Å². The SMILES string of the molecule is CN(Cn1cnc2ccccc21)C(c1ccccc1)c1ccccc1. The van der Waals surface area contributed by atoms with Gasteiger partial charge in [-0.25, -0.2) is 4.98 Å². The highest BCUT2D eigenvalue weighted by Gasteiger charge is 2.19. The smallest absolute Gasteiger partial charge is 0.0969 e. The number of fused-ring (bicyclic) bond motifs is 1. The second kappa shape index (κ2) is 6.91. The molecule has 0 aliphatic heterocycles. The van der Waals surface area contributed by atoms with Crippen molar-refractivity contribution in [2.24, 2.45) is 0 Å². The van der Waals surface area contributed by atoms with Gasteiger partial charge in [-0.2, -0.15) is 0 Å². The summed E-state index contributed by atoms with van der Waals surface area (Å²) in [5.74, 6) is 0. The van der Waals surface area contributed by atoms with Crippen LogP contribution < -0.4 is 0 Å². The van der Waals surface area contributed by atoms with Crippen LogP contribution in [0.3, 0.4) is 0 Å². The standard InChI is InChI=1S/C22H21N3/c1-24(17-25-16-23-20-14-8-9-15-21(20)25)22(18-10-4-2-5-11-18)19-12-6-3-7-13-19/h2-16,22H,17H2,1H3. The zero-order valence-electron chi connectivity index (χ0n) is 14.3. The molecule has 3 aromatic carbocycles. The molecule has 0 N–H and O–H groups in total. The lowest BCUT2D eigenvalue weighted by atomic mass is 9.98. The van der Waals surface area contributed by atoms with Crippen molar-refractivity contribution in [1.29, 1.82) is 0 Å². The second-order valence-corrected chi connectivity index (χ2v) is 6.33. The number of hydrogen-bond donors (Lipinski definition) is 0. The van der Waals surface area contributed by atoms with Crippen molar-refractivity contribution in [2.75, 3.05) is 7.05 Å². The Bertz CT molecular complexity index is 905. The van der Waals surface area contributed by atoms with E-state index in [1.807, 2.05) is 12.4 Å². The molecule has 0 aliphatic rings. The molecule has 0 saturated heterocycles. The molecular formula is C22H21N3. The van der Waals surface area contributed by atoms with Crippen LogP contribution >= 0.6 is 0 Å². The first-order valence-corrected chi connectivity index (χ1v) is 8.53. The summed E-state index contributed by atoms with van der Waals surface area (Å²) in [5, 5.41) is 0. The van der Waals surface area contributed by atoms with E-state index < -0.39 is 0 Å². The molecule has 0 fully saturated rings. The average molecular weight is 327 g/mol. The zero-order chi connectivity index (χ0) is 17.1. The highest BCUT2D eigenvalue weighted by atomic mass is 15.3. The third-order valence-corrected chi connectivity index (χ3v) is 4.57. The monoisotopic (exact) mass is 327 g/mol. The summed E-state index contributed by atoms with van der Waals surface area (Å²) in [4.78, 5) is 6.87. The molecule has 4 rings (SSSR count). The van der Waals surface area contributed by atoms with E-state index in [4.69, 9.17) is 0 Å². The van der Waals surface area contributed by atoms with Gasteiger partial charge in [0.1, 0.15) is 0 Å². The van der Waals surface area contributed by atoms with Gasteiger partial charge in [-0.3, -0.25) is 4.90 Å². The average Bonchev–Trinajstić information content (AvgIpc) is 3.07. The summed E-state index contributed by atoms with van der Waals surface area (Å²) < 4.78 is 2.20. The number of benzene rings is 3. The van der Waals surface area contributed by atoms with E-state index >= 15 is 0 Å². The van der Waals surface area contributed by atoms with Crippen molar-refractivity contribution in [3.63, 3.8) is 0 Å². The van der Waals surface area contributed by atoms with Crippen LogP contribution in [-0.2, 0) is 6.67 Å². The first kappa shape index (κ1) is 15.6. The number of rotatable bonds is 5. The van der Waals surface area contributed by atoms with Crippen LogP contribution in [0, 0.1) is 0 Å². The Balaban J connectivity index is 1.70. The molecule has 1 heterocycles. The number of hydrogen-bond acceptors (Lipinski definition) is 2. The molecule has 25 heavy (non-hydrogen) atoms. The van der Waals surface area contributed by atoms with E-state index in [9.17, 15) is 0 Å². The van der Waals surface area contributed by atoms with Crippen LogP contribution in [0.2, 0.25) is 0 Å². The molecule has 1 aromatic heterocycles. The van der Waals surface area contributed by atoms with Gasteiger partial charge in [-0.1, -0.05) is 72.8 Å². The summed E-state index contributed by atoms with van der Waals surface area (Å²) >= 11 is 0. The fraction of sp³-hybridized carbons (Fsp3) is 0.136. The van der Waals surface area contributed by atoms with Gasteiger partial charge in [0.15, 0.2) is 0 Å². The van der Waals surface area contributed by atoms with Crippen molar-refractivity contribution in [2.45, 2.75) is 12.7 Å². The predicted octanol–water partition coefficient (Wildman–Crippen LogP) is 4.72. The summed E-state index contributed by atoms with van der Waals surface area (Å²) in [6.45, 7) is 0.773. The van der Waals surface area contributed by atoms with Crippen LogP contribution in [0.1, 0.15) is 17.2 Å². The molecular weight excluding hydrogens is 306 g/mol. The third-order valence-electron chi connectivity index (χ3n) is 4.57. The quantitative estimate of drug-likeness (QED) is 0.529. The number of para-hydroxylation sites is 2. The fourth-order valence-corrected chi connectivity index (χ4v) is 3.42. The lowest BCUT2D eigenvalue weighted by Crippen LogP contribution is -2.27. The molecule has 0 spiro atoms. The van der Waals surface area contributed by atoms with Crippen LogP contribution in [0.4, 0.5) is 0 Å². The Kier molecular flexibility index (Phi) is 4.32. The van der Waals surface area contributed by atoms with E-state index in [-0.39, 0.29) is 6.04 Å². The maximum absolute atomic E-state index is 4.51. The van der Waals surface area contributed by atoms with Gasteiger partial charge in [0, 0.05) is 0 Å². The summed E-state index contributed by atoms with van der Waals surface area (Å²) in [6.07, 6.45) is 1.92. The Morgan fingerprint density at radius 1 is 0.800 bits per heavy atom. The lowest BCUT2D eigenvalue weighted by molar-refractivity contribution is 0.224. The molecule has 3 nitrogen and oxygen atoms in total. The van der Waals surface area contributed by atoms with Gasteiger partial charge in [0.25, 0.3) is 0 Å². The zero-order valence-corrected chi connectivity index (χ0v) is 14.3. The van der Waals surface area contributed by atoms with E-state index in [1.165, 1.54) is 11.1 Å². The lowest BCUT2D eigenvalue weighted by Gasteiger charge is -2.29. The Morgan fingerprint density at radius 2 is 1.36 bits per heavy atom. The maximum Gasteiger partial charge on any atom is 0.0969 e. The van der Waals surface area contributed by atoms with Crippen LogP contribution in [0.15, 0.2) is 91.3 Å². The van der Waals surface area contributed by atoms with Crippen molar-refractivity contribution >= 4 is 11.0 Å². The third kappa shape index (κ3) is 3.19. The van der Waals surface area contributed by atoms with Crippen molar-refractivity contribution < 1.29 is 0 Å². The van der Waals surface area contributed by atoms with E-state index in [0.29, 0.717) is 0 Å². The van der Waals surface area contributed by atoms with Gasteiger partial charge in [-0.05, 0) is 30.3 Å². The number of nitrogens with zero attached hydrogens (tertiary/aromatic N) is 3. The molecule has 0 amide bonds. The van der Waals surface area contributed by atoms with Crippen LogP contribution in [0.25, 0.3) is 11.0 Å². The molecule has 0 unspecified atom stereocenters. The van der Waals surface area contributed by atoms with E-state index in [0.717, 1.165) is 17.7 Å². The Hall–Kier alpha value is -2.91. The first-order chi connectivity index (χ1) is 12.3. The van der Waals surface area contributed by atoms with Crippen LogP contribution in [0.5, 0.6) is 0 Å². The maximum atomic E-state index is 4.51. The number of imidazole rings is 1. The first-order valence-electron chi connectivity index (χ1n) is 8.53. The molecule has 0 saturated carbocycles. The normalized spacial score (nSPS) is 11.5. The summed E-state index contributed by atoms with van der Waals surface area (Å²) in [7, 11) is 2.17. The predicted molar refractivity (Wildman–Crippen MR) is 102 cm³/mol. The minimum Gasteiger partial charge on any atom is -0.317 e. The number of aromatic nitrogens is 2. The van der Waals surface area contributed by atoms with Crippen molar-refractivity contribution in [1.82, 2.24) is 14.5 Å². The van der Waals surface area contributed by atoms with Crippen LogP contribution in [-0.4, -0.2) is 21.5 Å². The Labute approximate surface area is 148 Å². The van der Waals surface area contributed by atoms with Gasteiger partial charge in [0.05, 0.1) is 30.1 Å². The van der Waals surface area contributed by atoms with Gasteiger partial charge in [-0.15, -0.1) is 0 Å². The van der Waals surface area contributed by atoms with Gasteiger partial charge < -0.3 is 4.57 Å². The molecule has 0 bridgehead atoms. The van der Waals surface area contributed by atoms with Gasteiger partial charge in [0.2, 0.25) is 0 Å². The highest BCUT2D eigenvalue weighted by molar-refractivity contribution is 5.74. The minimum atomic E-state index is 0.198. The van der Waals surface area contributed by atoms with Gasteiger partial charge >= 0.3 is 0 Å². The van der Waals surface area contributed by atoms with Crippen molar-refractivity contribution in [3.05, 3.63) is 102 Å². The molecule has 0 aliphatic carbocycles. The molecule has 4 aromatic rings. The largest absolute Gasteiger partial charge is 0.317 e. The summed E-state index contributed by atoms with van der Waals surface area (Å²) in [6, 6.07) is 29.8. The second-order valence-electron chi connectivity index (χ2n) is 6.33. The molecule has 124 valence electrons. The Morgan fingerprint density at radius 3 is 2.00 bits per heavy atom. The topological polar surface area (TPSA) is 21.1 Å². The van der Waals surface area contributed by atoms with Crippen molar-refractivity contribution in [3.8, 4) is 0 Å². The molecule has 0 radical (unpaired) electrons. The summed E-state index contributed by atoms with van der Waals surface area (Å²) in [5.41, 5.74) is 4.78. The minimum absolute atomic E-state index is 0.198. The fourth-order valence-electron chi connectivity index (χ4n) is 3.42. The highest BCUT2D eigenvalue weighted by Crippen LogP contribution is 2.28. The molecule has 0 atom stereocenters. The van der Waals surface area contributed by atoms with E-state index in [2.05, 4.69) is 100 Å².